The van der Waals surface area contributed by atoms with E-state index in [1.54, 1.807) is 6.92 Å². The molecule has 0 amide bonds. The molecule has 0 heterocycles. The third kappa shape index (κ3) is 8.12. The minimum atomic E-state index is -0.763. The van der Waals surface area contributed by atoms with Crippen LogP contribution < -0.4 is 0 Å². The zero-order chi connectivity index (χ0) is 14.8. The van der Waals surface area contributed by atoms with Gasteiger partial charge in [0.15, 0.2) is 0 Å². The summed E-state index contributed by atoms with van der Waals surface area (Å²) in [5, 5.41) is 8.99. The zero-order valence-electron chi connectivity index (χ0n) is 11.3. The molecule has 0 radical (unpaired) electrons. The predicted molar refractivity (Wildman–Crippen MR) is 68.4 cm³/mol. The highest BCUT2D eigenvalue weighted by Gasteiger charge is 2.14. The van der Waals surface area contributed by atoms with Gasteiger partial charge in [-0.05, 0) is 13.8 Å². The molecule has 19 heavy (non-hydrogen) atoms. The lowest BCUT2D eigenvalue weighted by atomic mass is 10.3. The molecule has 0 rings (SSSR count). The van der Waals surface area contributed by atoms with Crippen molar-refractivity contribution in [2.75, 3.05) is 26.4 Å². The van der Waals surface area contributed by atoms with E-state index in [2.05, 4.69) is 13.2 Å². The van der Waals surface area contributed by atoms with E-state index in [9.17, 15) is 9.59 Å². The van der Waals surface area contributed by atoms with Crippen LogP contribution in [0.25, 0.3) is 0 Å². The molecule has 0 aliphatic heterocycles. The minimum absolute atomic E-state index is 0.0140. The molecule has 0 spiro atoms. The quantitative estimate of drug-likeness (QED) is 0.376. The number of hydrogen-bond acceptors (Lipinski definition) is 6. The number of carbonyl (C=O) groups excluding carboxylic acids is 2. The first-order valence-corrected chi connectivity index (χ1v) is 5.76. The van der Waals surface area contributed by atoms with E-state index in [-0.39, 0.29) is 32.0 Å². The maximum Gasteiger partial charge on any atom is 0.333 e. The van der Waals surface area contributed by atoms with E-state index in [0.29, 0.717) is 5.57 Å². The highest BCUT2D eigenvalue weighted by atomic mass is 16.6. The number of esters is 2. The van der Waals surface area contributed by atoms with Gasteiger partial charge in [0.25, 0.3) is 0 Å². The summed E-state index contributed by atoms with van der Waals surface area (Å²) < 4.78 is 14.8. The fraction of sp³-hybridized carbons (Fsp3) is 0.538. The molecular formula is C13H20O6. The zero-order valence-corrected chi connectivity index (χ0v) is 11.3. The van der Waals surface area contributed by atoms with Crippen LogP contribution in [0.15, 0.2) is 24.3 Å². The van der Waals surface area contributed by atoms with Crippen molar-refractivity contribution in [1.29, 1.82) is 0 Å². The summed E-state index contributed by atoms with van der Waals surface area (Å²) in [5.74, 6) is -1.08. The summed E-state index contributed by atoms with van der Waals surface area (Å²) in [6.07, 6.45) is -0.763. The van der Waals surface area contributed by atoms with Crippen molar-refractivity contribution >= 4 is 11.9 Å². The van der Waals surface area contributed by atoms with Gasteiger partial charge < -0.3 is 19.3 Å². The van der Waals surface area contributed by atoms with E-state index in [1.165, 1.54) is 6.92 Å². The molecule has 0 aromatic carbocycles. The van der Waals surface area contributed by atoms with Gasteiger partial charge in [-0.1, -0.05) is 13.2 Å². The summed E-state index contributed by atoms with van der Waals surface area (Å²) >= 11 is 0. The number of rotatable bonds is 9. The Kier molecular flexibility index (Phi) is 8.48. The first-order chi connectivity index (χ1) is 8.88. The van der Waals surface area contributed by atoms with Gasteiger partial charge in [-0.3, -0.25) is 0 Å². The van der Waals surface area contributed by atoms with Crippen molar-refractivity contribution in [2.45, 2.75) is 20.0 Å². The summed E-state index contributed by atoms with van der Waals surface area (Å²) in [5.41, 5.74) is 0.553. The lowest BCUT2D eigenvalue weighted by Gasteiger charge is -2.15. The Hall–Kier alpha value is -1.66. The second kappa shape index (κ2) is 9.29. The van der Waals surface area contributed by atoms with Crippen LogP contribution in [0.4, 0.5) is 0 Å². The van der Waals surface area contributed by atoms with Crippen molar-refractivity contribution in [3.8, 4) is 0 Å². The molecule has 0 saturated heterocycles. The molecular weight excluding hydrogens is 252 g/mol. The lowest BCUT2D eigenvalue weighted by molar-refractivity contribution is -0.150. The average Bonchev–Trinajstić information content (AvgIpc) is 2.35. The number of aliphatic hydroxyl groups excluding tert-OH is 1. The smallest absolute Gasteiger partial charge is 0.333 e. The highest BCUT2D eigenvalue weighted by molar-refractivity contribution is 5.87. The highest BCUT2D eigenvalue weighted by Crippen LogP contribution is 1.99. The Morgan fingerprint density at radius 1 is 1.11 bits per heavy atom. The molecule has 0 aromatic heterocycles. The van der Waals surface area contributed by atoms with E-state index < -0.39 is 18.0 Å². The van der Waals surface area contributed by atoms with Crippen molar-refractivity contribution in [1.82, 2.24) is 0 Å². The van der Waals surface area contributed by atoms with E-state index in [0.717, 1.165) is 0 Å². The molecule has 1 atom stereocenters. The summed E-state index contributed by atoms with van der Waals surface area (Å²) in [6.45, 7) is 9.77. The summed E-state index contributed by atoms with van der Waals surface area (Å²) in [7, 11) is 0. The van der Waals surface area contributed by atoms with Crippen LogP contribution in [0.5, 0.6) is 0 Å². The minimum Gasteiger partial charge on any atom is -0.460 e. The maximum atomic E-state index is 11.2. The second-order valence-corrected chi connectivity index (χ2v) is 3.98. The van der Waals surface area contributed by atoms with Crippen molar-refractivity contribution < 1.29 is 28.9 Å². The number of aliphatic hydroxyl groups is 1. The average molecular weight is 272 g/mol. The molecule has 1 unspecified atom stereocenters. The molecule has 6 heteroatoms. The SMILES string of the molecule is C=C(C)C(=O)OCCOCC(CO)OC(=O)C(=C)C. The van der Waals surface area contributed by atoms with Gasteiger partial charge in [-0.2, -0.15) is 0 Å². The first kappa shape index (κ1) is 17.3. The number of hydrogen-bond donors (Lipinski definition) is 1. The predicted octanol–water partition coefficient (Wildman–Crippen LogP) is 0.602. The van der Waals surface area contributed by atoms with E-state index in [4.69, 9.17) is 19.3 Å². The molecule has 0 bridgehead atoms. The monoisotopic (exact) mass is 272 g/mol. The normalized spacial score (nSPS) is 11.5. The van der Waals surface area contributed by atoms with Gasteiger partial charge >= 0.3 is 11.9 Å². The molecule has 6 nitrogen and oxygen atoms in total. The molecule has 108 valence electrons. The van der Waals surface area contributed by atoms with Gasteiger partial charge in [0.05, 0.1) is 19.8 Å². The third-order valence-electron chi connectivity index (χ3n) is 1.94. The van der Waals surface area contributed by atoms with Crippen molar-refractivity contribution in [3.05, 3.63) is 24.3 Å². The van der Waals surface area contributed by atoms with Crippen LogP contribution in [0, 0.1) is 0 Å². The molecule has 0 aliphatic carbocycles. The molecule has 0 fully saturated rings. The fourth-order valence-corrected chi connectivity index (χ4v) is 0.907. The lowest BCUT2D eigenvalue weighted by Crippen LogP contribution is -2.28. The van der Waals surface area contributed by atoms with Crippen molar-refractivity contribution in [2.24, 2.45) is 0 Å². The van der Waals surface area contributed by atoms with Gasteiger partial charge in [-0.15, -0.1) is 0 Å². The molecule has 0 aliphatic rings. The van der Waals surface area contributed by atoms with E-state index in [1.807, 2.05) is 0 Å². The van der Waals surface area contributed by atoms with Crippen LogP contribution in [-0.4, -0.2) is 49.6 Å². The van der Waals surface area contributed by atoms with Crippen LogP contribution >= 0.6 is 0 Å². The Morgan fingerprint density at radius 2 is 1.68 bits per heavy atom. The van der Waals surface area contributed by atoms with Gasteiger partial charge in [0, 0.05) is 11.1 Å². The van der Waals surface area contributed by atoms with Gasteiger partial charge in [0.2, 0.25) is 0 Å². The number of ether oxygens (including phenoxy) is 3. The van der Waals surface area contributed by atoms with E-state index >= 15 is 0 Å². The van der Waals surface area contributed by atoms with Crippen LogP contribution in [0.3, 0.4) is 0 Å². The summed E-state index contributed by atoms with van der Waals surface area (Å²) in [4.78, 5) is 22.2. The van der Waals surface area contributed by atoms with Crippen molar-refractivity contribution in [3.63, 3.8) is 0 Å². The third-order valence-corrected chi connectivity index (χ3v) is 1.94. The second-order valence-electron chi connectivity index (χ2n) is 3.98. The summed E-state index contributed by atoms with van der Waals surface area (Å²) in [6, 6.07) is 0. The Balaban J connectivity index is 3.79. The Bertz CT molecular complexity index is 347. The standard InChI is InChI=1S/C13H20O6/c1-9(2)12(15)18-6-5-17-8-11(7-14)19-13(16)10(3)4/h11,14H,1,3,5-8H2,2,4H3. The molecule has 0 aromatic rings. The van der Waals surface area contributed by atoms with Gasteiger partial charge in [-0.25, -0.2) is 9.59 Å². The van der Waals surface area contributed by atoms with Crippen LogP contribution in [0.1, 0.15) is 13.8 Å². The maximum absolute atomic E-state index is 11.2. The molecule has 1 N–H and O–H groups in total. The Labute approximate surface area is 112 Å². The Morgan fingerprint density at radius 3 is 2.16 bits per heavy atom. The van der Waals surface area contributed by atoms with Gasteiger partial charge in [0.1, 0.15) is 12.7 Å². The van der Waals surface area contributed by atoms with Crippen LogP contribution in [0.2, 0.25) is 0 Å². The first-order valence-electron chi connectivity index (χ1n) is 5.76. The fourth-order valence-electron chi connectivity index (χ4n) is 0.907. The largest absolute Gasteiger partial charge is 0.460 e. The molecule has 0 saturated carbocycles. The number of carbonyl (C=O) groups is 2. The topological polar surface area (TPSA) is 82.1 Å². The van der Waals surface area contributed by atoms with Crippen LogP contribution in [-0.2, 0) is 23.8 Å².